The van der Waals surface area contributed by atoms with Crippen LogP contribution in [0.1, 0.15) is 74.2 Å². The average molecular weight is 338 g/mol. The average Bonchev–Trinajstić information content (AvgIpc) is 2.54. The Labute approximate surface area is 148 Å². The van der Waals surface area contributed by atoms with E-state index in [0.717, 1.165) is 30.1 Å². The molecule has 1 aliphatic rings. The van der Waals surface area contributed by atoms with Gasteiger partial charge in [-0.3, -0.25) is 4.79 Å². The van der Waals surface area contributed by atoms with Crippen molar-refractivity contribution in [2.24, 2.45) is 0 Å². The summed E-state index contributed by atoms with van der Waals surface area (Å²) in [7, 11) is 0. The minimum Gasteiger partial charge on any atom is -0.300 e. The van der Waals surface area contributed by atoms with Crippen LogP contribution in [0.5, 0.6) is 0 Å². The fraction of sp³-hybridized carbons (Fsp3) is 0.650. The molecule has 23 heavy (non-hydrogen) atoms. The molecule has 1 unspecified atom stereocenters. The van der Waals surface area contributed by atoms with Gasteiger partial charge in [0.2, 0.25) is 0 Å². The number of unbranched alkanes of at least 4 members (excludes halogenated alkanes) is 1. The second-order valence-corrected chi connectivity index (χ2v) is 6.67. The molecule has 0 aromatic heterocycles. The molecule has 1 saturated heterocycles. The Hall–Kier alpha value is -0.860. The van der Waals surface area contributed by atoms with Gasteiger partial charge >= 0.3 is 0 Å². The van der Waals surface area contributed by atoms with Crippen LogP contribution in [0.3, 0.4) is 0 Å². The Morgan fingerprint density at radius 2 is 2.00 bits per heavy atom. The Morgan fingerprint density at radius 3 is 2.74 bits per heavy atom. The number of Topliss-reactive ketones (excluding diaryl/α,β-unsaturated/α-hetero) is 1. The van der Waals surface area contributed by atoms with Crippen LogP contribution in [-0.4, -0.2) is 29.8 Å². The molecule has 0 radical (unpaired) electrons. The van der Waals surface area contributed by atoms with Crippen LogP contribution in [0.25, 0.3) is 0 Å². The van der Waals surface area contributed by atoms with Gasteiger partial charge in [-0.05, 0) is 51.3 Å². The summed E-state index contributed by atoms with van der Waals surface area (Å²) in [6.07, 6.45) is 9.70. The first kappa shape index (κ1) is 20.2. The van der Waals surface area contributed by atoms with Crippen LogP contribution in [0.2, 0.25) is 0 Å². The lowest BCUT2D eigenvalue weighted by atomic mass is 9.96. The number of carbonyl (C=O) groups is 1. The lowest BCUT2D eigenvalue weighted by molar-refractivity contribution is 0.0956. The van der Waals surface area contributed by atoms with E-state index < -0.39 is 0 Å². The highest BCUT2D eigenvalue weighted by Gasteiger charge is 2.21. The molecule has 0 saturated carbocycles. The van der Waals surface area contributed by atoms with Crippen molar-refractivity contribution in [2.45, 2.75) is 71.3 Å². The Bertz CT molecular complexity index is 474. The molecular formula is C20H32ClNO. The third kappa shape index (κ3) is 6.27. The molecule has 0 bridgehead atoms. The highest BCUT2D eigenvalue weighted by Crippen LogP contribution is 2.22. The van der Waals surface area contributed by atoms with E-state index in [1.807, 2.05) is 31.2 Å². The van der Waals surface area contributed by atoms with Crippen LogP contribution >= 0.6 is 12.4 Å². The van der Waals surface area contributed by atoms with E-state index in [0.29, 0.717) is 12.2 Å². The number of aryl methyl sites for hydroxylation is 1. The molecule has 1 heterocycles. The first-order valence-corrected chi connectivity index (χ1v) is 9.05. The van der Waals surface area contributed by atoms with Crippen LogP contribution < -0.4 is 0 Å². The van der Waals surface area contributed by atoms with Crippen LogP contribution in [0.15, 0.2) is 24.3 Å². The Balaban J connectivity index is 0.00000264. The van der Waals surface area contributed by atoms with Gasteiger partial charge in [0, 0.05) is 18.0 Å². The van der Waals surface area contributed by atoms with Gasteiger partial charge in [-0.25, -0.2) is 0 Å². The third-order valence-corrected chi connectivity index (χ3v) is 4.93. The molecule has 2 nitrogen and oxygen atoms in total. The number of benzene rings is 1. The monoisotopic (exact) mass is 337 g/mol. The minimum absolute atomic E-state index is 0. The first-order valence-electron chi connectivity index (χ1n) is 9.05. The predicted octanol–water partition coefficient (Wildman–Crippen LogP) is 5.42. The van der Waals surface area contributed by atoms with E-state index in [2.05, 4.69) is 11.8 Å². The zero-order valence-electron chi connectivity index (χ0n) is 14.7. The molecule has 3 heteroatoms. The summed E-state index contributed by atoms with van der Waals surface area (Å²) < 4.78 is 0. The van der Waals surface area contributed by atoms with Crippen molar-refractivity contribution in [3.05, 3.63) is 35.4 Å². The second-order valence-electron chi connectivity index (χ2n) is 6.67. The molecule has 1 aliphatic heterocycles. The quantitative estimate of drug-likeness (QED) is 0.590. The van der Waals surface area contributed by atoms with E-state index in [9.17, 15) is 4.79 Å². The number of carbonyl (C=O) groups excluding carboxylic acids is 1. The van der Waals surface area contributed by atoms with Gasteiger partial charge in [0.15, 0.2) is 5.78 Å². The summed E-state index contributed by atoms with van der Waals surface area (Å²) in [6, 6.07) is 8.72. The summed E-state index contributed by atoms with van der Waals surface area (Å²) in [6.45, 7) is 6.62. The van der Waals surface area contributed by atoms with Crippen LogP contribution in [0.4, 0.5) is 0 Å². The molecule has 1 fully saturated rings. The van der Waals surface area contributed by atoms with Crippen LogP contribution in [-0.2, 0) is 0 Å². The number of piperidine rings is 1. The van der Waals surface area contributed by atoms with Crippen molar-refractivity contribution >= 4 is 18.2 Å². The maximum Gasteiger partial charge on any atom is 0.163 e. The molecule has 0 amide bonds. The fourth-order valence-electron chi connectivity index (χ4n) is 3.58. The molecule has 1 aromatic carbocycles. The maximum atomic E-state index is 12.3. The lowest BCUT2D eigenvalue weighted by Crippen LogP contribution is -2.40. The summed E-state index contributed by atoms with van der Waals surface area (Å²) in [5.41, 5.74) is 2.01. The molecule has 2 rings (SSSR count). The topological polar surface area (TPSA) is 20.3 Å². The van der Waals surface area contributed by atoms with Crippen LogP contribution in [0, 0.1) is 6.92 Å². The molecule has 1 aromatic rings. The molecule has 130 valence electrons. The Morgan fingerprint density at radius 1 is 1.22 bits per heavy atom. The van der Waals surface area contributed by atoms with Crippen molar-refractivity contribution in [1.82, 2.24) is 4.90 Å². The highest BCUT2D eigenvalue weighted by atomic mass is 35.5. The van der Waals surface area contributed by atoms with Gasteiger partial charge in [-0.2, -0.15) is 0 Å². The number of hydrogen-bond acceptors (Lipinski definition) is 2. The summed E-state index contributed by atoms with van der Waals surface area (Å²) in [5, 5.41) is 0. The van der Waals surface area contributed by atoms with Gasteiger partial charge < -0.3 is 4.90 Å². The van der Waals surface area contributed by atoms with Gasteiger partial charge in [-0.1, -0.05) is 50.5 Å². The molecule has 0 spiro atoms. The zero-order chi connectivity index (χ0) is 15.8. The third-order valence-electron chi connectivity index (χ3n) is 4.93. The number of hydrogen-bond donors (Lipinski definition) is 0. The fourth-order valence-corrected chi connectivity index (χ4v) is 3.58. The number of ketones is 1. The summed E-state index contributed by atoms with van der Waals surface area (Å²) >= 11 is 0. The maximum absolute atomic E-state index is 12.3. The van der Waals surface area contributed by atoms with E-state index in [1.54, 1.807) is 0 Å². The smallest absolute Gasteiger partial charge is 0.163 e. The van der Waals surface area contributed by atoms with E-state index in [4.69, 9.17) is 0 Å². The van der Waals surface area contributed by atoms with Crippen molar-refractivity contribution in [2.75, 3.05) is 13.1 Å². The largest absolute Gasteiger partial charge is 0.300 e. The lowest BCUT2D eigenvalue weighted by Gasteiger charge is -2.35. The van der Waals surface area contributed by atoms with Crippen molar-refractivity contribution in [3.8, 4) is 0 Å². The van der Waals surface area contributed by atoms with E-state index in [1.165, 1.54) is 45.1 Å². The second kappa shape index (κ2) is 10.8. The zero-order valence-corrected chi connectivity index (χ0v) is 15.5. The molecule has 0 N–H and O–H groups in total. The van der Waals surface area contributed by atoms with Crippen molar-refractivity contribution in [3.63, 3.8) is 0 Å². The SMILES string of the molecule is CCCCC1CCCCN1CCCC(=O)c1ccccc1C.Cl. The highest BCUT2D eigenvalue weighted by molar-refractivity contribution is 5.97. The van der Waals surface area contributed by atoms with Gasteiger partial charge in [-0.15, -0.1) is 12.4 Å². The molecular weight excluding hydrogens is 306 g/mol. The number of rotatable bonds is 8. The molecule has 0 aliphatic carbocycles. The summed E-state index contributed by atoms with van der Waals surface area (Å²) in [5.74, 6) is 0.306. The molecule has 1 atom stereocenters. The number of halogens is 1. The number of likely N-dealkylation sites (tertiary alicyclic amines) is 1. The summed E-state index contributed by atoms with van der Waals surface area (Å²) in [4.78, 5) is 15.0. The van der Waals surface area contributed by atoms with Gasteiger partial charge in [0.25, 0.3) is 0 Å². The van der Waals surface area contributed by atoms with E-state index in [-0.39, 0.29) is 12.4 Å². The normalized spacial score (nSPS) is 18.4. The van der Waals surface area contributed by atoms with Crippen molar-refractivity contribution < 1.29 is 4.79 Å². The predicted molar refractivity (Wildman–Crippen MR) is 101 cm³/mol. The van der Waals surface area contributed by atoms with E-state index >= 15 is 0 Å². The van der Waals surface area contributed by atoms with Gasteiger partial charge in [0.1, 0.15) is 0 Å². The number of nitrogens with zero attached hydrogens (tertiary/aromatic N) is 1. The van der Waals surface area contributed by atoms with Gasteiger partial charge in [0.05, 0.1) is 0 Å². The standard InChI is InChI=1S/C20H31NO.ClH/c1-3-4-11-18-12-7-8-15-21(18)16-9-14-20(22)19-13-6-5-10-17(19)2;/h5-6,10,13,18H,3-4,7-9,11-12,14-16H2,1-2H3;1H. The Kier molecular flexibility index (Phi) is 9.50. The van der Waals surface area contributed by atoms with Crippen molar-refractivity contribution in [1.29, 1.82) is 0 Å². The minimum atomic E-state index is 0. The first-order chi connectivity index (χ1) is 10.7.